The van der Waals surface area contributed by atoms with Gasteiger partial charge in [-0.25, -0.2) is 23.1 Å². The molecule has 0 aliphatic heterocycles. The van der Waals surface area contributed by atoms with Crippen LogP contribution >= 0.6 is 0 Å². The van der Waals surface area contributed by atoms with Gasteiger partial charge in [0.25, 0.3) is 0 Å². The number of nitrogens with zero attached hydrogens (tertiary/aromatic N) is 4. The molecule has 3 aromatic heterocycles. The number of hydrogen-bond acceptors (Lipinski definition) is 5. The topological polar surface area (TPSA) is 89.8 Å². The SMILES string of the molecule is CS(=O)(=O)Nc1ccc(-n2ncc3cccnc32)cn1. The van der Waals surface area contributed by atoms with Gasteiger partial charge in [0.05, 0.1) is 24.3 Å². The molecule has 1 N–H and O–H groups in total. The molecule has 8 heteroatoms. The monoisotopic (exact) mass is 289 g/mol. The molecule has 0 saturated heterocycles. The van der Waals surface area contributed by atoms with Crippen LogP contribution < -0.4 is 4.72 Å². The molecule has 0 amide bonds. The summed E-state index contributed by atoms with van der Waals surface area (Å²) in [7, 11) is -3.33. The Morgan fingerprint density at radius 1 is 1.15 bits per heavy atom. The zero-order valence-corrected chi connectivity index (χ0v) is 11.4. The van der Waals surface area contributed by atoms with E-state index in [0.29, 0.717) is 5.69 Å². The Balaban J connectivity index is 1.99. The number of rotatable bonds is 3. The van der Waals surface area contributed by atoms with Crippen LogP contribution in [0.1, 0.15) is 0 Å². The molecule has 3 aromatic rings. The van der Waals surface area contributed by atoms with E-state index in [1.165, 1.54) is 6.20 Å². The average Bonchev–Trinajstić information content (AvgIpc) is 2.82. The zero-order chi connectivity index (χ0) is 14.2. The minimum atomic E-state index is -3.33. The van der Waals surface area contributed by atoms with Crippen LogP contribution in [-0.2, 0) is 10.0 Å². The highest BCUT2D eigenvalue weighted by Crippen LogP contribution is 2.16. The van der Waals surface area contributed by atoms with Gasteiger partial charge in [-0.15, -0.1) is 0 Å². The number of nitrogens with one attached hydrogen (secondary N) is 1. The summed E-state index contributed by atoms with van der Waals surface area (Å²) in [5.41, 5.74) is 1.43. The molecule has 20 heavy (non-hydrogen) atoms. The molecule has 0 saturated carbocycles. The first kappa shape index (κ1) is 12.5. The van der Waals surface area contributed by atoms with Gasteiger partial charge in [-0.2, -0.15) is 5.10 Å². The van der Waals surface area contributed by atoms with E-state index < -0.39 is 10.0 Å². The molecular weight excluding hydrogens is 278 g/mol. The second-order valence-electron chi connectivity index (χ2n) is 4.25. The zero-order valence-electron chi connectivity index (χ0n) is 10.6. The Labute approximate surface area is 115 Å². The van der Waals surface area contributed by atoms with Crippen LogP contribution in [0.4, 0.5) is 5.82 Å². The van der Waals surface area contributed by atoms with Gasteiger partial charge in [0, 0.05) is 11.6 Å². The Kier molecular flexibility index (Phi) is 2.87. The normalized spacial score (nSPS) is 11.7. The third-order valence-electron chi connectivity index (χ3n) is 2.61. The third-order valence-corrected chi connectivity index (χ3v) is 3.19. The Morgan fingerprint density at radius 2 is 2.00 bits per heavy atom. The molecular formula is C12H11N5O2S. The summed E-state index contributed by atoms with van der Waals surface area (Å²) < 4.78 is 26.2. The second kappa shape index (κ2) is 4.57. The summed E-state index contributed by atoms with van der Waals surface area (Å²) in [5, 5.41) is 5.17. The summed E-state index contributed by atoms with van der Waals surface area (Å²) in [6, 6.07) is 7.05. The summed E-state index contributed by atoms with van der Waals surface area (Å²) in [6.45, 7) is 0. The second-order valence-corrected chi connectivity index (χ2v) is 6.00. The first-order valence-corrected chi connectivity index (χ1v) is 7.65. The maximum Gasteiger partial charge on any atom is 0.230 e. The van der Waals surface area contributed by atoms with Gasteiger partial charge in [-0.3, -0.25) is 4.72 Å². The van der Waals surface area contributed by atoms with Crippen molar-refractivity contribution in [2.24, 2.45) is 0 Å². The quantitative estimate of drug-likeness (QED) is 0.782. The molecule has 3 heterocycles. The average molecular weight is 289 g/mol. The van der Waals surface area contributed by atoms with Crippen molar-refractivity contribution in [1.29, 1.82) is 0 Å². The predicted molar refractivity (Wildman–Crippen MR) is 75.1 cm³/mol. The number of hydrogen-bond donors (Lipinski definition) is 1. The van der Waals surface area contributed by atoms with Crippen molar-refractivity contribution in [2.75, 3.05) is 11.0 Å². The van der Waals surface area contributed by atoms with Crippen molar-refractivity contribution in [1.82, 2.24) is 19.7 Å². The molecule has 0 aliphatic rings. The Bertz CT molecular complexity index is 855. The molecule has 0 unspecified atom stereocenters. The van der Waals surface area contributed by atoms with E-state index in [4.69, 9.17) is 0 Å². The van der Waals surface area contributed by atoms with E-state index in [1.54, 1.807) is 29.2 Å². The van der Waals surface area contributed by atoms with Crippen molar-refractivity contribution >= 4 is 26.9 Å². The molecule has 0 aliphatic carbocycles. The highest BCUT2D eigenvalue weighted by Gasteiger charge is 2.07. The maximum absolute atomic E-state index is 11.1. The first-order valence-electron chi connectivity index (χ1n) is 5.76. The van der Waals surface area contributed by atoms with Crippen LogP contribution in [0.25, 0.3) is 16.7 Å². The fraction of sp³-hybridized carbons (Fsp3) is 0.0833. The van der Waals surface area contributed by atoms with Gasteiger partial charge >= 0.3 is 0 Å². The molecule has 3 rings (SSSR count). The Hall–Kier alpha value is -2.48. The number of pyridine rings is 2. The summed E-state index contributed by atoms with van der Waals surface area (Å²) in [4.78, 5) is 8.31. The summed E-state index contributed by atoms with van der Waals surface area (Å²) in [5.74, 6) is 0.265. The fourth-order valence-electron chi connectivity index (χ4n) is 1.81. The lowest BCUT2D eigenvalue weighted by molar-refractivity contribution is 0.606. The third kappa shape index (κ3) is 2.45. The van der Waals surface area contributed by atoms with Gasteiger partial charge in [0.15, 0.2) is 5.65 Å². The highest BCUT2D eigenvalue weighted by atomic mass is 32.2. The largest absolute Gasteiger partial charge is 0.268 e. The minimum absolute atomic E-state index is 0.265. The Morgan fingerprint density at radius 3 is 2.70 bits per heavy atom. The van der Waals surface area contributed by atoms with Gasteiger partial charge in [0.2, 0.25) is 10.0 Å². The van der Waals surface area contributed by atoms with Crippen molar-refractivity contribution in [3.8, 4) is 5.69 Å². The standard InChI is InChI=1S/C12H11N5O2S/c1-20(18,19)16-11-5-4-10(8-14-11)17-12-9(7-15-17)3-2-6-13-12/h2-8H,1H3,(H,14,16). The lowest BCUT2D eigenvalue weighted by Gasteiger charge is -2.05. The van der Waals surface area contributed by atoms with E-state index >= 15 is 0 Å². The molecule has 102 valence electrons. The highest BCUT2D eigenvalue weighted by molar-refractivity contribution is 7.92. The number of fused-ring (bicyclic) bond motifs is 1. The summed E-state index contributed by atoms with van der Waals surface area (Å²) >= 11 is 0. The van der Waals surface area contributed by atoms with Crippen LogP contribution in [0.2, 0.25) is 0 Å². The van der Waals surface area contributed by atoms with Gasteiger partial charge in [-0.1, -0.05) is 0 Å². The fourth-order valence-corrected chi connectivity index (χ4v) is 2.31. The lowest BCUT2D eigenvalue weighted by atomic mass is 10.3. The van der Waals surface area contributed by atoms with Gasteiger partial charge < -0.3 is 0 Å². The van der Waals surface area contributed by atoms with E-state index in [2.05, 4.69) is 19.8 Å². The molecule has 0 radical (unpaired) electrons. The maximum atomic E-state index is 11.1. The van der Waals surface area contributed by atoms with Crippen molar-refractivity contribution in [2.45, 2.75) is 0 Å². The number of aromatic nitrogens is 4. The van der Waals surface area contributed by atoms with E-state index in [1.807, 2.05) is 12.1 Å². The predicted octanol–water partition coefficient (Wildman–Crippen LogP) is 1.19. The number of anilines is 1. The van der Waals surface area contributed by atoms with Crippen LogP contribution in [0.5, 0.6) is 0 Å². The van der Waals surface area contributed by atoms with E-state index in [0.717, 1.165) is 17.3 Å². The van der Waals surface area contributed by atoms with Crippen molar-refractivity contribution in [3.05, 3.63) is 42.9 Å². The van der Waals surface area contributed by atoms with Crippen LogP contribution in [-0.4, -0.2) is 34.4 Å². The minimum Gasteiger partial charge on any atom is -0.268 e. The molecule has 7 nitrogen and oxygen atoms in total. The van der Waals surface area contributed by atoms with Crippen LogP contribution in [0.15, 0.2) is 42.9 Å². The molecule has 0 fully saturated rings. The molecule has 0 atom stereocenters. The van der Waals surface area contributed by atoms with Gasteiger partial charge in [0.1, 0.15) is 5.82 Å². The number of sulfonamides is 1. The first-order chi connectivity index (χ1) is 9.53. The molecule has 0 spiro atoms. The molecule has 0 aromatic carbocycles. The van der Waals surface area contributed by atoms with E-state index in [-0.39, 0.29) is 5.82 Å². The lowest BCUT2D eigenvalue weighted by Crippen LogP contribution is -2.11. The van der Waals surface area contributed by atoms with Crippen LogP contribution in [0, 0.1) is 0 Å². The van der Waals surface area contributed by atoms with Crippen LogP contribution in [0.3, 0.4) is 0 Å². The van der Waals surface area contributed by atoms with E-state index in [9.17, 15) is 8.42 Å². The smallest absolute Gasteiger partial charge is 0.230 e. The summed E-state index contributed by atoms with van der Waals surface area (Å²) in [6.07, 6.45) is 6.01. The molecule has 0 bridgehead atoms. The van der Waals surface area contributed by atoms with Gasteiger partial charge in [-0.05, 0) is 24.3 Å². The van der Waals surface area contributed by atoms with Crippen molar-refractivity contribution in [3.63, 3.8) is 0 Å². The van der Waals surface area contributed by atoms with Crippen molar-refractivity contribution < 1.29 is 8.42 Å².